The van der Waals surface area contributed by atoms with Crippen LogP contribution in [-0.4, -0.2) is 57.4 Å². The van der Waals surface area contributed by atoms with E-state index in [1.165, 1.54) is 6.20 Å². The Morgan fingerprint density at radius 3 is 2.75 bits per heavy atom. The number of nitrogens with one attached hydrogen (secondary N) is 2. The normalized spacial score (nSPS) is 13.5. The van der Waals surface area contributed by atoms with Gasteiger partial charge in [-0.1, -0.05) is 11.6 Å². The number of nitrogens with zero attached hydrogens (tertiary/aromatic N) is 5. The Bertz CT molecular complexity index is 1230. The highest BCUT2D eigenvalue weighted by Crippen LogP contribution is 2.19. The maximum absolute atomic E-state index is 13.2. The smallest absolute Gasteiger partial charge is 0.277 e. The van der Waals surface area contributed by atoms with E-state index < -0.39 is 5.91 Å². The first-order chi connectivity index (χ1) is 16.4. The molecule has 0 aliphatic carbocycles. The molecular formula is C23H31Cl3N8O2. The van der Waals surface area contributed by atoms with Crippen LogP contribution in [0.4, 0.5) is 5.82 Å². The van der Waals surface area contributed by atoms with E-state index in [1.807, 2.05) is 30.0 Å². The van der Waals surface area contributed by atoms with E-state index in [4.69, 9.17) is 17.3 Å². The van der Waals surface area contributed by atoms with Crippen molar-refractivity contribution in [1.82, 2.24) is 30.1 Å². The van der Waals surface area contributed by atoms with Crippen LogP contribution in [0.25, 0.3) is 11.0 Å². The van der Waals surface area contributed by atoms with Crippen molar-refractivity contribution in [2.24, 2.45) is 0 Å². The number of benzene rings is 1. The molecule has 3 aromatic rings. The van der Waals surface area contributed by atoms with Gasteiger partial charge in [-0.15, -0.1) is 12.4 Å². The van der Waals surface area contributed by atoms with Crippen molar-refractivity contribution < 1.29 is 26.6 Å². The summed E-state index contributed by atoms with van der Waals surface area (Å²) in [5.41, 5.74) is 8.43. The summed E-state index contributed by atoms with van der Waals surface area (Å²) in [5, 5.41) is 6.32. The van der Waals surface area contributed by atoms with Crippen molar-refractivity contribution in [1.29, 1.82) is 0 Å². The van der Waals surface area contributed by atoms with Crippen molar-refractivity contribution in [3.05, 3.63) is 46.6 Å². The zero-order chi connectivity index (χ0) is 24.2. The van der Waals surface area contributed by atoms with Gasteiger partial charge in [-0.3, -0.25) is 9.59 Å². The number of nitrogen functional groups attached to an aromatic ring is 1. The van der Waals surface area contributed by atoms with Gasteiger partial charge in [-0.25, -0.2) is 19.1 Å². The zero-order valence-electron chi connectivity index (χ0n) is 20.3. The summed E-state index contributed by atoms with van der Waals surface area (Å²) >= 11 is 5.88. The van der Waals surface area contributed by atoms with Gasteiger partial charge in [0.15, 0.2) is 22.5 Å². The van der Waals surface area contributed by atoms with E-state index in [0.29, 0.717) is 25.2 Å². The zero-order valence-corrected chi connectivity index (χ0v) is 22.6. The second-order valence-corrected chi connectivity index (χ2v) is 8.50. The average molecular weight is 558 g/mol. The van der Waals surface area contributed by atoms with E-state index in [2.05, 4.69) is 36.7 Å². The standard InChI is InChI=1S/C23H29ClN8O2.2ClH/c1-3-31-16-7-6-15(23(34)30-10-5-8-26-9-11-30)12-17(16)32(4-2)19(31)14-28-22(33)20-21(25)27-13-18(24)29-20;;/h6-7,12-13,26H,3-5,8-11,14H2,1-2H3,(H2-,25,27,28,33);2*1H. The largest absolute Gasteiger partial charge is 1.00 e. The lowest BCUT2D eigenvalue weighted by Crippen LogP contribution is -3.00. The summed E-state index contributed by atoms with van der Waals surface area (Å²) in [6.07, 6.45) is 2.25. The lowest BCUT2D eigenvalue weighted by atomic mass is 10.1. The Hall–Kier alpha value is -2.66. The minimum atomic E-state index is -0.450. The fourth-order valence-electron chi connectivity index (χ4n) is 4.44. The Morgan fingerprint density at radius 1 is 1.25 bits per heavy atom. The van der Waals surface area contributed by atoms with Crippen LogP contribution in [0.1, 0.15) is 46.9 Å². The molecule has 1 aliphatic rings. The van der Waals surface area contributed by atoms with Gasteiger partial charge in [0, 0.05) is 31.3 Å². The minimum absolute atomic E-state index is 0. The van der Waals surface area contributed by atoms with Gasteiger partial charge in [0.25, 0.3) is 17.6 Å². The quantitative estimate of drug-likeness (QED) is 0.327. The predicted molar refractivity (Wildman–Crippen MR) is 137 cm³/mol. The molecule has 2 amide bonds. The monoisotopic (exact) mass is 556 g/mol. The fourth-order valence-corrected chi connectivity index (χ4v) is 4.57. The van der Waals surface area contributed by atoms with Crippen molar-refractivity contribution in [3.8, 4) is 0 Å². The number of aromatic nitrogens is 4. The molecule has 196 valence electrons. The molecule has 36 heavy (non-hydrogen) atoms. The van der Waals surface area contributed by atoms with Crippen LogP contribution in [0.3, 0.4) is 0 Å². The third kappa shape index (κ3) is 6.00. The second kappa shape index (κ2) is 13.0. The Balaban J connectivity index is 0.00000228. The molecule has 13 heteroatoms. The van der Waals surface area contributed by atoms with Gasteiger partial charge in [0.2, 0.25) is 0 Å². The molecule has 3 heterocycles. The molecule has 1 fully saturated rings. The number of aryl methyl sites for hydroxylation is 2. The van der Waals surface area contributed by atoms with Crippen LogP contribution >= 0.6 is 24.0 Å². The summed E-state index contributed by atoms with van der Waals surface area (Å²) in [7, 11) is 0. The van der Waals surface area contributed by atoms with Crippen molar-refractivity contribution in [2.45, 2.75) is 39.9 Å². The Labute approximate surface area is 227 Å². The van der Waals surface area contributed by atoms with E-state index in [1.54, 1.807) is 0 Å². The highest BCUT2D eigenvalue weighted by Gasteiger charge is 2.26. The number of anilines is 1. The van der Waals surface area contributed by atoms with Gasteiger partial charge in [0.1, 0.15) is 11.7 Å². The van der Waals surface area contributed by atoms with Crippen LogP contribution in [0.5, 0.6) is 0 Å². The van der Waals surface area contributed by atoms with Crippen LogP contribution in [0, 0.1) is 0 Å². The number of hydrogen-bond acceptors (Lipinski definition) is 6. The summed E-state index contributed by atoms with van der Waals surface area (Å²) in [4.78, 5) is 35.7. The number of amides is 2. The Kier molecular flexibility index (Phi) is 10.7. The molecule has 1 aliphatic heterocycles. The number of rotatable bonds is 6. The summed E-state index contributed by atoms with van der Waals surface area (Å²) < 4.78 is 4.25. The highest BCUT2D eigenvalue weighted by atomic mass is 35.5. The first-order valence-corrected chi connectivity index (χ1v) is 11.9. The van der Waals surface area contributed by atoms with Gasteiger partial charge in [-0.05, 0) is 38.9 Å². The predicted octanol–water partition coefficient (Wildman–Crippen LogP) is -1.21. The molecule has 0 saturated carbocycles. The van der Waals surface area contributed by atoms with Gasteiger partial charge >= 0.3 is 0 Å². The number of hydrogen-bond donors (Lipinski definition) is 3. The maximum atomic E-state index is 13.2. The molecule has 10 nitrogen and oxygen atoms in total. The molecule has 0 radical (unpaired) electrons. The van der Waals surface area contributed by atoms with Crippen LogP contribution in [-0.2, 0) is 19.6 Å². The van der Waals surface area contributed by atoms with Gasteiger partial charge < -0.3 is 33.7 Å². The minimum Gasteiger partial charge on any atom is -1.00 e. The van der Waals surface area contributed by atoms with Crippen LogP contribution in [0.15, 0.2) is 24.4 Å². The van der Waals surface area contributed by atoms with Crippen LogP contribution in [0.2, 0.25) is 5.15 Å². The molecule has 2 aromatic heterocycles. The number of imidazole rings is 1. The molecule has 0 spiro atoms. The third-order valence-electron chi connectivity index (χ3n) is 6.08. The SMILES string of the molecule is CCn1c(CNC(=O)c2nc(Cl)cnc2N)[n+](CC)c2ccc(C(=O)N3CCCNCC3)cc21.Cl.[Cl-]. The maximum Gasteiger partial charge on any atom is 0.277 e. The first-order valence-electron chi connectivity index (χ1n) is 11.6. The molecule has 0 atom stereocenters. The van der Waals surface area contributed by atoms with Crippen molar-refractivity contribution in [3.63, 3.8) is 0 Å². The summed E-state index contributed by atoms with van der Waals surface area (Å²) in [6.45, 7) is 8.92. The van der Waals surface area contributed by atoms with Gasteiger partial charge in [-0.2, -0.15) is 0 Å². The van der Waals surface area contributed by atoms with Gasteiger partial charge in [0.05, 0.1) is 19.3 Å². The lowest BCUT2D eigenvalue weighted by molar-refractivity contribution is -0.676. The van der Waals surface area contributed by atoms with E-state index in [9.17, 15) is 9.59 Å². The number of fused-ring (bicyclic) bond motifs is 1. The molecule has 1 saturated heterocycles. The number of carbonyl (C=O) groups is 2. The van der Waals surface area contributed by atoms with Crippen molar-refractivity contribution >= 4 is 52.7 Å². The van der Waals surface area contributed by atoms with Crippen molar-refractivity contribution in [2.75, 3.05) is 31.9 Å². The van der Waals surface area contributed by atoms with E-state index in [0.717, 1.165) is 42.9 Å². The fraction of sp³-hybridized carbons (Fsp3) is 0.435. The molecular weight excluding hydrogens is 527 g/mol. The third-order valence-corrected chi connectivity index (χ3v) is 6.26. The molecule has 1 aromatic carbocycles. The molecule has 4 N–H and O–H groups in total. The highest BCUT2D eigenvalue weighted by molar-refractivity contribution is 6.29. The number of nitrogens with two attached hydrogens (primary N) is 1. The van der Waals surface area contributed by atoms with E-state index >= 15 is 0 Å². The summed E-state index contributed by atoms with van der Waals surface area (Å²) in [5.74, 6) is 0.523. The number of carbonyl (C=O) groups excluding carboxylic acids is 2. The van der Waals surface area contributed by atoms with E-state index in [-0.39, 0.29) is 53.9 Å². The average Bonchev–Trinajstić information content (AvgIpc) is 2.97. The molecule has 0 bridgehead atoms. The first kappa shape index (κ1) is 29.6. The molecule has 0 unspecified atom stereocenters. The molecule has 4 rings (SSSR count). The lowest BCUT2D eigenvalue weighted by Gasteiger charge is -2.19. The number of halogens is 3. The van der Waals surface area contributed by atoms with Crippen LogP contribution < -0.4 is 33.3 Å². The second-order valence-electron chi connectivity index (χ2n) is 8.11. The summed E-state index contributed by atoms with van der Waals surface area (Å²) in [6, 6.07) is 5.83. The Morgan fingerprint density at radius 2 is 2.03 bits per heavy atom. The topological polar surface area (TPSA) is 122 Å².